The molecule has 1 aromatic rings. The van der Waals surface area contributed by atoms with Gasteiger partial charge in [0, 0.05) is 30.8 Å². The Morgan fingerprint density at radius 1 is 1.50 bits per heavy atom. The Morgan fingerprint density at radius 3 is 2.67 bits per heavy atom. The highest BCUT2D eigenvalue weighted by molar-refractivity contribution is 5.76. The SMILES string of the molecule is CC(C)c1noc(CCC(=O)NCC(C)(C)N)n1. The molecule has 0 aliphatic heterocycles. The van der Waals surface area contributed by atoms with Crippen molar-refractivity contribution >= 4 is 5.91 Å². The monoisotopic (exact) mass is 254 g/mol. The second-order valence-electron chi connectivity index (χ2n) is 5.47. The molecule has 0 aromatic carbocycles. The molecule has 18 heavy (non-hydrogen) atoms. The number of nitrogens with two attached hydrogens (primary N) is 1. The fourth-order valence-electron chi connectivity index (χ4n) is 1.24. The smallest absolute Gasteiger partial charge is 0.227 e. The fourth-order valence-corrected chi connectivity index (χ4v) is 1.24. The lowest BCUT2D eigenvalue weighted by atomic mass is 10.1. The van der Waals surface area contributed by atoms with E-state index < -0.39 is 5.54 Å². The van der Waals surface area contributed by atoms with Crippen molar-refractivity contribution in [2.24, 2.45) is 5.73 Å². The third-order valence-corrected chi connectivity index (χ3v) is 2.31. The summed E-state index contributed by atoms with van der Waals surface area (Å²) in [4.78, 5) is 15.8. The van der Waals surface area contributed by atoms with Crippen LogP contribution in [0.2, 0.25) is 0 Å². The highest BCUT2D eigenvalue weighted by atomic mass is 16.5. The topological polar surface area (TPSA) is 94.0 Å². The van der Waals surface area contributed by atoms with Crippen molar-refractivity contribution in [2.75, 3.05) is 6.54 Å². The lowest BCUT2D eigenvalue weighted by molar-refractivity contribution is -0.121. The van der Waals surface area contributed by atoms with Gasteiger partial charge in [-0.1, -0.05) is 19.0 Å². The van der Waals surface area contributed by atoms with Gasteiger partial charge in [0.1, 0.15) is 0 Å². The van der Waals surface area contributed by atoms with Crippen LogP contribution < -0.4 is 11.1 Å². The van der Waals surface area contributed by atoms with Gasteiger partial charge in [0.25, 0.3) is 0 Å². The molecule has 1 rings (SSSR count). The summed E-state index contributed by atoms with van der Waals surface area (Å²) in [6.07, 6.45) is 0.784. The molecule has 1 aromatic heterocycles. The van der Waals surface area contributed by atoms with E-state index in [-0.39, 0.29) is 11.8 Å². The molecule has 0 fully saturated rings. The third kappa shape index (κ3) is 5.27. The lowest BCUT2D eigenvalue weighted by Crippen LogP contribution is -2.45. The molecule has 0 bridgehead atoms. The number of nitrogens with one attached hydrogen (secondary N) is 1. The summed E-state index contributed by atoms with van der Waals surface area (Å²) in [7, 11) is 0. The van der Waals surface area contributed by atoms with E-state index >= 15 is 0 Å². The van der Waals surface area contributed by atoms with Crippen molar-refractivity contribution < 1.29 is 9.32 Å². The summed E-state index contributed by atoms with van der Waals surface area (Å²) < 4.78 is 5.06. The van der Waals surface area contributed by atoms with E-state index in [1.165, 1.54) is 0 Å². The molecule has 1 heterocycles. The number of carbonyl (C=O) groups is 1. The van der Waals surface area contributed by atoms with Crippen molar-refractivity contribution in [3.05, 3.63) is 11.7 Å². The van der Waals surface area contributed by atoms with Gasteiger partial charge >= 0.3 is 0 Å². The molecule has 0 aliphatic rings. The average molecular weight is 254 g/mol. The third-order valence-electron chi connectivity index (χ3n) is 2.31. The molecule has 6 nitrogen and oxygen atoms in total. The first kappa shape index (κ1) is 14.6. The van der Waals surface area contributed by atoms with Crippen LogP contribution in [0.4, 0.5) is 0 Å². The first-order valence-electron chi connectivity index (χ1n) is 6.16. The average Bonchev–Trinajstić information content (AvgIpc) is 2.71. The zero-order chi connectivity index (χ0) is 13.8. The number of carbonyl (C=O) groups excluding carboxylic acids is 1. The zero-order valence-electron chi connectivity index (χ0n) is 11.5. The summed E-state index contributed by atoms with van der Waals surface area (Å²) >= 11 is 0. The van der Waals surface area contributed by atoms with Crippen LogP contribution in [0.5, 0.6) is 0 Å². The minimum absolute atomic E-state index is 0.0576. The molecule has 0 atom stereocenters. The van der Waals surface area contributed by atoms with E-state index in [4.69, 9.17) is 10.3 Å². The van der Waals surface area contributed by atoms with E-state index in [2.05, 4.69) is 15.5 Å². The minimum atomic E-state index is -0.398. The largest absolute Gasteiger partial charge is 0.354 e. The van der Waals surface area contributed by atoms with Crippen LogP contribution in [0.25, 0.3) is 0 Å². The van der Waals surface area contributed by atoms with Gasteiger partial charge in [-0.2, -0.15) is 4.98 Å². The molecule has 0 radical (unpaired) electrons. The van der Waals surface area contributed by atoms with Crippen LogP contribution in [-0.2, 0) is 11.2 Å². The Morgan fingerprint density at radius 2 is 2.17 bits per heavy atom. The predicted molar refractivity (Wildman–Crippen MR) is 68.0 cm³/mol. The highest BCUT2D eigenvalue weighted by Gasteiger charge is 2.14. The Hall–Kier alpha value is -1.43. The van der Waals surface area contributed by atoms with E-state index in [1.807, 2.05) is 27.7 Å². The number of nitrogens with zero attached hydrogens (tertiary/aromatic N) is 2. The highest BCUT2D eigenvalue weighted by Crippen LogP contribution is 2.10. The van der Waals surface area contributed by atoms with E-state index in [1.54, 1.807) is 0 Å². The molecule has 0 aliphatic carbocycles. The normalized spacial score (nSPS) is 11.9. The second kappa shape index (κ2) is 5.95. The van der Waals surface area contributed by atoms with Gasteiger partial charge in [0.2, 0.25) is 11.8 Å². The Balaban J connectivity index is 2.33. The summed E-state index contributed by atoms with van der Waals surface area (Å²) in [5, 5.41) is 6.61. The molecule has 0 unspecified atom stereocenters. The van der Waals surface area contributed by atoms with Crippen molar-refractivity contribution in [3.8, 4) is 0 Å². The van der Waals surface area contributed by atoms with Crippen LogP contribution in [0.15, 0.2) is 4.52 Å². The number of hydrogen-bond acceptors (Lipinski definition) is 5. The van der Waals surface area contributed by atoms with Crippen LogP contribution in [0.1, 0.15) is 51.7 Å². The van der Waals surface area contributed by atoms with Crippen molar-refractivity contribution in [2.45, 2.75) is 52.0 Å². The molecular weight excluding hydrogens is 232 g/mol. The molecule has 6 heteroatoms. The molecule has 0 spiro atoms. The summed E-state index contributed by atoms with van der Waals surface area (Å²) in [5.74, 6) is 1.35. The quantitative estimate of drug-likeness (QED) is 0.789. The van der Waals surface area contributed by atoms with E-state index in [9.17, 15) is 4.79 Å². The van der Waals surface area contributed by atoms with Gasteiger partial charge in [0.05, 0.1) is 0 Å². The minimum Gasteiger partial charge on any atom is -0.354 e. The van der Waals surface area contributed by atoms with Crippen LogP contribution in [-0.4, -0.2) is 28.1 Å². The van der Waals surface area contributed by atoms with Crippen molar-refractivity contribution in [3.63, 3.8) is 0 Å². The maximum absolute atomic E-state index is 11.5. The summed E-state index contributed by atoms with van der Waals surface area (Å²) in [5.41, 5.74) is 5.37. The van der Waals surface area contributed by atoms with Crippen molar-refractivity contribution in [1.29, 1.82) is 0 Å². The number of amides is 1. The summed E-state index contributed by atoms with van der Waals surface area (Å²) in [6.45, 7) is 8.16. The molecule has 102 valence electrons. The Bertz CT molecular complexity index is 393. The maximum atomic E-state index is 11.5. The predicted octanol–water partition coefficient (Wildman–Crippen LogP) is 0.979. The molecule has 3 N–H and O–H groups in total. The number of hydrogen-bond donors (Lipinski definition) is 2. The maximum Gasteiger partial charge on any atom is 0.227 e. The van der Waals surface area contributed by atoms with Crippen LogP contribution in [0, 0.1) is 0 Å². The number of rotatable bonds is 6. The zero-order valence-corrected chi connectivity index (χ0v) is 11.5. The number of aromatic nitrogens is 2. The van der Waals surface area contributed by atoms with Gasteiger partial charge in [-0.25, -0.2) is 0 Å². The van der Waals surface area contributed by atoms with Crippen LogP contribution in [0.3, 0.4) is 0 Å². The fraction of sp³-hybridized carbons (Fsp3) is 0.750. The first-order chi connectivity index (χ1) is 8.28. The Kier molecular flexibility index (Phi) is 4.84. The van der Waals surface area contributed by atoms with Gasteiger partial charge < -0.3 is 15.6 Å². The van der Waals surface area contributed by atoms with E-state index in [0.29, 0.717) is 31.1 Å². The summed E-state index contributed by atoms with van der Waals surface area (Å²) in [6, 6.07) is 0. The molecule has 0 saturated carbocycles. The second-order valence-corrected chi connectivity index (χ2v) is 5.47. The van der Waals surface area contributed by atoms with Gasteiger partial charge in [-0.05, 0) is 13.8 Å². The molecular formula is C12H22N4O2. The van der Waals surface area contributed by atoms with Gasteiger partial charge in [-0.15, -0.1) is 0 Å². The van der Waals surface area contributed by atoms with Crippen molar-refractivity contribution in [1.82, 2.24) is 15.5 Å². The van der Waals surface area contributed by atoms with E-state index in [0.717, 1.165) is 0 Å². The van der Waals surface area contributed by atoms with Gasteiger partial charge in [-0.3, -0.25) is 4.79 Å². The Labute approximate surface area is 107 Å². The number of aryl methyl sites for hydroxylation is 1. The molecule has 0 saturated heterocycles. The van der Waals surface area contributed by atoms with Gasteiger partial charge in [0.15, 0.2) is 5.82 Å². The van der Waals surface area contributed by atoms with Crippen LogP contribution >= 0.6 is 0 Å². The lowest BCUT2D eigenvalue weighted by Gasteiger charge is -2.18. The molecule has 1 amide bonds. The first-order valence-corrected chi connectivity index (χ1v) is 6.16. The standard InChI is InChI=1S/C12H22N4O2/c1-8(2)11-15-10(18-16-11)6-5-9(17)14-7-12(3,4)13/h8H,5-7,13H2,1-4H3,(H,14,17).